The molecule has 0 saturated carbocycles. The van der Waals surface area contributed by atoms with Crippen LogP contribution in [0.4, 0.5) is 0 Å². The Bertz CT molecular complexity index is 1670. The third-order valence-corrected chi connectivity index (χ3v) is 7.67. The number of Topliss-reactive ketones (excluding diaryl/α,β-unsaturated/α-hetero) is 1. The maximum absolute atomic E-state index is 13.4. The van der Waals surface area contributed by atoms with Gasteiger partial charge in [-0.05, 0) is 60.2 Å². The number of carbonyl (C=O) groups is 1. The number of para-hydroxylation sites is 1. The third kappa shape index (κ3) is 5.12. The summed E-state index contributed by atoms with van der Waals surface area (Å²) >= 11 is 8.84. The fraction of sp³-hybridized carbons (Fsp3) is 0.0741. The molecule has 2 aromatic heterocycles. The molecule has 2 heterocycles. The van der Waals surface area contributed by atoms with Crippen LogP contribution in [0.1, 0.15) is 20.9 Å². The second-order valence-electron chi connectivity index (χ2n) is 7.71. The highest BCUT2D eigenvalue weighted by molar-refractivity contribution is 7.19. The van der Waals surface area contributed by atoms with E-state index in [1.807, 2.05) is 60.7 Å². The number of methoxy groups -OCH3 is 1. The van der Waals surface area contributed by atoms with Gasteiger partial charge in [0.05, 0.1) is 28.4 Å². The van der Waals surface area contributed by atoms with Crippen LogP contribution in [0, 0.1) is 0 Å². The number of benzene rings is 3. The first-order valence-electron chi connectivity index (χ1n) is 10.7. The Balaban J connectivity index is 1.62. The molecule has 0 bridgehead atoms. The standard InChI is InChI=1S/C27H19ClN2O3S2/c1-33-20-12-6-17(7-13-20)14-24-27(32)30(16-22(31)18-8-10-19(28)11-9-18)26(35-24)15-25-29-21-4-2-3-5-23(21)34-25/h2-15H,16H2,1H3/b24-14-,26-15+. The lowest BCUT2D eigenvalue weighted by Crippen LogP contribution is -2.34. The van der Waals surface area contributed by atoms with E-state index in [9.17, 15) is 9.59 Å². The van der Waals surface area contributed by atoms with Gasteiger partial charge in [-0.2, -0.15) is 0 Å². The van der Waals surface area contributed by atoms with E-state index in [2.05, 4.69) is 4.98 Å². The second kappa shape index (κ2) is 10.00. The predicted molar refractivity (Wildman–Crippen MR) is 143 cm³/mol. The van der Waals surface area contributed by atoms with Crippen LogP contribution in [0.15, 0.2) is 77.6 Å². The lowest BCUT2D eigenvalue weighted by molar-refractivity contribution is 0.0970. The molecule has 0 radical (unpaired) electrons. The van der Waals surface area contributed by atoms with Gasteiger partial charge in [-0.15, -0.1) is 22.7 Å². The molecule has 0 N–H and O–H groups in total. The number of nitrogens with zero attached hydrogens (tertiary/aromatic N) is 2. The summed E-state index contributed by atoms with van der Waals surface area (Å²) in [4.78, 5) is 31.1. The van der Waals surface area contributed by atoms with Crippen molar-refractivity contribution in [3.8, 4) is 5.75 Å². The summed E-state index contributed by atoms with van der Waals surface area (Å²) in [6, 6.07) is 22.0. The minimum absolute atomic E-state index is 0.0792. The topological polar surface area (TPSA) is 61.2 Å². The Morgan fingerprint density at radius 2 is 1.74 bits per heavy atom. The number of halogens is 1. The number of thiazole rings is 2. The zero-order chi connectivity index (χ0) is 24.4. The summed E-state index contributed by atoms with van der Waals surface area (Å²) in [5.41, 5.74) is 2.04. The zero-order valence-corrected chi connectivity index (χ0v) is 21.0. The van der Waals surface area contributed by atoms with Crippen molar-refractivity contribution < 1.29 is 9.53 Å². The van der Waals surface area contributed by atoms with Gasteiger partial charge in [-0.1, -0.05) is 35.9 Å². The molecule has 0 atom stereocenters. The average molecular weight is 519 g/mol. The van der Waals surface area contributed by atoms with Crippen LogP contribution < -0.4 is 19.5 Å². The maximum Gasteiger partial charge on any atom is 0.269 e. The van der Waals surface area contributed by atoms with Crippen molar-refractivity contribution in [1.29, 1.82) is 0 Å². The Morgan fingerprint density at radius 1 is 1.00 bits per heavy atom. The van der Waals surface area contributed by atoms with Crippen LogP contribution in [0.2, 0.25) is 5.02 Å². The Hall–Kier alpha value is -3.52. The van der Waals surface area contributed by atoms with Crippen LogP contribution in [-0.4, -0.2) is 22.4 Å². The molecule has 0 unspecified atom stereocenters. The molecule has 3 aromatic carbocycles. The fourth-order valence-corrected chi connectivity index (χ4v) is 5.72. The molecule has 0 amide bonds. The molecule has 5 aromatic rings. The lowest BCUT2D eigenvalue weighted by atomic mass is 10.1. The van der Waals surface area contributed by atoms with Crippen LogP contribution in [0.25, 0.3) is 22.4 Å². The summed E-state index contributed by atoms with van der Waals surface area (Å²) in [6.07, 6.45) is 3.70. The van der Waals surface area contributed by atoms with Crippen LogP contribution in [-0.2, 0) is 6.54 Å². The molecule has 5 rings (SSSR count). The highest BCUT2D eigenvalue weighted by Gasteiger charge is 2.13. The Kier molecular flexibility index (Phi) is 6.63. The highest BCUT2D eigenvalue weighted by Crippen LogP contribution is 2.21. The highest BCUT2D eigenvalue weighted by atomic mass is 35.5. The number of fused-ring (bicyclic) bond motifs is 1. The molecule has 0 aliphatic carbocycles. The van der Waals surface area contributed by atoms with Gasteiger partial charge in [0, 0.05) is 16.7 Å². The van der Waals surface area contributed by atoms with Crippen molar-refractivity contribution in [2.75, 3.05) is 7.11 Å². The minimum atomic E-state index is -0.222. The molecule has 35 heavy (non-hydrogen) atoms. The first kappa shape index (κ1) is 23.2. The number of ether oxygens (including phenoxy) is 1. The number of hydrogen-bond acceptors (Lipinski definition) is 6. The molecule has 8 heteroatoms. The van der Waals surface area contributed by atoms with Crippen LogP contribution in [0.3, 0.4) is 0 Å². The SMILES string of the molecule is COc1ccc(/C=c2\s/c(=C/c3nc4ccccc4s3)n(CC(=O)c3ccc(Cl)cc3)c2=O)cc1. The van der Waals surface area contributed by atoms with Crippen LogP contribution >= 0.6 is 34.3 Å². The van der Waals surface area contributed by atoms with Gasteiger partial charge in [0.25, 0.3) is 5.56 Å². The molecule has 0 spiro atoms. The van der Waals surface area contributed by atoms with Gasteiger partial charge >= 0.3 is 0 Å². The number of rotatable bonds is 6. The summed E-state index contributed by atoms with van der Waals surface area (Å²) in [7, 11) is 1.61. The van der Waals surface area contributed by atoms with Crippen molar-refractivity contribution in [2.45, 2.75) is 6.54 Å². The Morgan fingerprint density at radius 3 is 2.46 bits per heavy atom. The van der Waals surface area contributed by atoms with E-state index in [0.717, 1.165) is 26.5 Å². The average Bonchev–Trinajstić information content (AvgIpc) is 3.41. The first-order valence-corrected chi connectivity index (χ1v) is 12.7. The monoisotopic (exact) mass is 518 g/mol. The second-order valence-corrected chi connectivity index (χ2v) is 10.3. The van der Waals surface area contributed by atoms with E-state index in [-0.39, 0.29) is 17.9 Å². The summed E-state index contributed by atoms with van der Waals surface area (Å²) in [5.74, 6) is 0.570. The normalized spacial score (nSPS) is 12.4. The molecule has 0 aliphatic heterocycles. The largest absolute Gasteiger partial charge is 0.497 e. The van der Waals surface area contributed by atoms with Gasteiger partial charge < -0.3 is 4.74 Å². The number of hydrogen-bond donors (Lipinski definition) is 0. The quantitative estimate of drug-likeness (QED) is 0.305. The van der Waals surface area contributed by atoms with Gasteiger partial charge in [0.2, 0.25) is 0 Å². The molecular formula is C27H19ClN2O3S2. The Labute approximate surface area is 213 Å². The van der Waals surface area contributed by atoms with E-state index in [0.29, 0.717) is 19.8 Å². The van der Waals surface area contributed by atoms with Gasteiger partial charge in [-0.3, -0.25) is 14.2 Å². The van der Waals surface area contributed by atoms with Crippen molar-refractivity contribution >= 4 is 62.4 Å². The molecule has 0 saturated heterocycles. The van der Waals surface area contributed by atoms with E-state index < -0.39 is 0 Å². The van der Waals surface area contributed by atoms with Crippen molar-refractivity contribution in [2.24, 2.45) is 0 Å². The smallest absolute Gasteiger partial charge is 0.269 e. The van der Waals surface area contributed by atoms with Gasteiger partial charge in [0.15, 0.2) is 5.78 Å². The van der Waals surface area contributed by atoms with E-state index in [4.69, 9.17) is 16.3 Å². The van der Waals surface area contributed by atoms with Crippen molar-refractivity contribution in [3.63, 3.8) is 0 Å². The fourth-order valence-electron chi connectivity index (χ4n) is 3.57. The molecule has 5 nitrogen and oxygen atoms in total. The predicted octanol–water partition coefficient (Wildman–Crippen LogP) is 4.72. The summed E-state index contributed by atoms with van der Waals surface area (Å²) in [5, 5.41) is 1.33. The molecular weight excluding hydrogens is 500 g/mol. The number of carbonyl (C=O) groups excluding carboxylic acids is 1. The minimum Gasteiger partial charge on any atom is -0.497 e. The van der Waals surface area contributed by atoms with Crippen molar-refractivity contribution in [1.82, 2.24) is 9.55 Å². The summed E-state index contributed by atoms with van der Waals surface area (Å²) in [6.45, 7) is -0.0792. The summed E-state index contributed by atoms with van der Waals surface area (Å²) < 4.78 is 8.99. The van der Waals surface area contributed by atoms with Crippen LogP contribution in [0.5, 0.6) is 5.75 Å². The third-order valence-electron chi connectivity index (χ3n) is 5.38. The van der Waals surface area contributed by atoms with E-state index in [1.54, 1.807) is 42.7 Å². The maximum atomic E-state index is 13.4. The number of ketones is 1. The van der Waals surface area contributed by atoms with Crippen molar-refractivity contribution in [3.05, 3.63) is 114 Å². The van der Waals surface area contributed by atoms with E-state index in [1.165, 1.54) is 15.9 Å². The van der Waals surface area contributed by atoms with E-state index >= 15 is 0 Å². The molecule has 0 aliphatic rings. The van der Waals surface area contributed by atoms with Gasteiger partial charge in [-0.25, -0.2) is 4.98 Å². The first-order chi connectivity index (χ1) is 17.0. The molecule has 0 fully saturated rings. The zero-order valence-electron chi connectivity index (χ0n) is 18.6. The van der Waals surface area contributed by atoms with Gasteiger partial charge in [0.1, 0.15) is 15.4 Å². The molecule has 174 valence electrons. The number of aromatic nitrogens is 2. The lowest BCUT2D eigenvalue weighted by Gasteiger charge is -2.02.